The van der Waals surface area contributed by atoms with E-state index in [1.807, 2.05) is 55.5 Å². The molecule has 0 saturated heterocycles. The van der Waals surface area contributed by atoms with Crippen molar-refractivity contribution in [2.24, 2.45) is 0 Å². The van der Waals surface area contributed by atoms with E-state index in [0.717, 1.165) is 22.4 Å². The third-order valence-corrected chi connectivity index (χ3v) is 5.66. The molecule has 0 aliphatic carbocycles. The summed E-state index contributed by atoms with van der Waals surface area (Å²) in [4.78, 5) is 26.7. The molecule has 2 aromatic rings. The highest BCUT2D eigenvalue weighted by molar-refractivity contribution is 7.99. The molecule has 27 heavy (non-hydrogen) atoms. The van der Waals surface area contributed by atoms with Gasteiger partial charge in [-0.25, -0.2) is 0 Å². The van der Waals surface area contributed by atoms with E-state index < -0.39 is 6.04 Å². The average Bonchev–Trinajstić information content (AvgIpc) is 2.67. The molecule has 0 radical (unpaired) electrons. The van der Waals surface area contributed by atoms with Crippen LogP contribution >= 0.6 is 23.4 Å². The SMILES string of the molecule is CNC(=O)[C@@H](C)N(Cc1ccccc1C)C(=O)CSCc1ccc(Cl)cc1. The fourth-order valence-corrected chi connectivity index (χ4v) is 3.68. The Kier molecular flexibility index (Phi) is 8.20. The highest BCUT2D eigenvalue weighted by Crippen LogP contribution is 2.18. The van der Waals surface area contributed by atoms with Crippen molar-refractivity contribution in [2.45, 2.75) is 32.2 Å². The molecule has 1 N–H and O–H groups in total. The molecule has 0 unspecified atom stereocenters. The van der Waals surface area contributed by atoms with Crippen LogP contribution in [0.3, 0.4) is 0 Å². The first-order valence-corrected chi connectivity index (χ1v) is 10.3. The maximum Gasteiger partial charge on any atom is 0.242 e. The summed E-state index contributed by atoms with van der Waals surface area (Å²) in [6, 6.07) is 15.0. The van der Waals surface area contributed by atoms with Crippen molar-refractivity contribution < 1.29 is 9.59 Å². The van der Waals surface area contributed by atoms with Crippen molar-refractivity contribution >= 4 is 35.2 Å². The molecule has 0 saturated carbocycles. The maximum atomic E-state index is 12.9. The molecule has 1 atom stereocenters. The lowest BCUT2D eigenvalue weighted by molar-refractivity contribution is -0.138. The van der Waals surface area contributed by atoms with Crippen molar-refractivity contribution in [3.8, 4) is 0 Å². The number of rotatable bonds is 8. The smallest absolute Gasteiger partial charge is 0.242 e. The third-order valence-electron chi connectivity index (χ3n) is 4.42. The van der Waals surface area contributed by atoms with Crippen LogP contribution < -0.4 is 5.32 Å². The summed E-state index contributed by atoms with van der Waals surface area (Å²) in [5, 5.41) is 3.33. The molecule has 0 aliphatic heterocycles. The lowest BCUT2D eigenvalue weighted by Crippen LogP contribution is -2.47. The van der Waals surface area contributed by atoms with Crippen molar-refractivity contribution in [1.82, 2.24) is 10.2 Å². The number of carbonyl (C=O) groups excluding carboxylic acids is 2. The van der Waals surface area contributed by atoms with Crippen LogP contribution in [0.2, 0.25) is 5.02 Å². The summed E-state index contributed by atoms with van der Waals surface area (Å²) >= 11 is 7.43. The highest BCUT2D eigenvalue weighted by atomic mass is 35.5. The molecule has 2 amide bonds. The van der Waals surface area contributed by atoms with E-state index in [1.54, 1.807) is 18.9 Å². The number of benzene rings is 2. The van der Waals surface area contributed by atoms with E-state index >= 15 is 0 Å². The Morgan fingerprint density at radius 3 is 2.44 bits per heavy atom. The third kappa shape index (κ3) is 6.29. The van der Waals surface area contributed by atoms with Gasteiger partial charge in [0.1, 0.15) is 6.04 Å². The van der Waals surface area contributed by atoms with Gasteiger partial charge < -0.3 is 10.2 Å². The first-order valence-electron chi connectivity index (χ1n) is 8.80. The van der Waals surface area contributed by atoms with Crippen LogP contribution in [0.4, 0.5) is 0 Å². The average molecular weight is 405 g/mol. The van der Waals surface area contributed by atoms with Crippen molar-refractivity contribution in [3.63, 3.8) is 0 Å². The molecular weight excluding hydrogens is 380 g/mol. The van der Waals surface area contributed by atoms with E-state index in [1.165, 1.54) is 11.8 Å². The molecule has 0 bridgehead atoms. The van der Waals surface area contributed by atoms with Gasteiger partial charge in [0.15, 0.2) is 0 Å². The zero-order valence-electron chi connectivity index (χ0n) is 15.9. The normalized spacial score (nSPS) is 11.7. The van der Waals surface area contributed by atoms with E-state index in [-0.39, 0.29) is 11.8 Å². The van der Waals surface area contributed by atoms with E-state index in [4.69, 9.17) is 11.6 Å². The second-order valence-corrected chi connectivity index (χ2v) is 7.78. The predicted octanol–water partition coefficient (Wildman–Crippen LogP) is 4.04. The van der Waals surface area contributed by atoms with Crippen molar-refractivity contribution in [1.29, 1.82) is 0 Å². The number of nitrogens with zero attached hydrogens (tertiary/aromatic N) is 1. The largest absolute Gasteiger partial charge is 0.357 e. The van der Waals surface area contributed by atoms with Crippen LogP contribution in [0.15, 0.2) is 48.5 Å². The second kappa shape index (κ2) is 10.4. The fourth-order valence-electron chi connectivity index (χ4n) is 2.68. The van der Waals surface area contributed by atoms with E-state index in [2.05, 4.69) is 5.32 Å². The van der Waals surface area contributed by atoms with Crippen LogP contribution in [-0.4, -0.2) is 35.6 Å². The Bertz CT molecular complexity index is 780. The number of thioether (sulfide) groups is 1. The summed E-state index contributed by atoms with van der Waals surface area (Å²) in [6.45, 7) is 4.19. The molecule has 0 aromatic heterocycles. The molecule has 0 aliphatic rings. The summed E-state index contributed by atoms with van der Waals surface area (Å²) < 4.78 is 0. The zero-order chi connectivity index (χ0) is 19.8. The van der Waals surface area contributed by atoms with E-state index in [9.17, 15) is 9.59 Å². The Labute approximate surface area is 170 Å². The summed E-state index contributed by atoms with van der Waals surface area (Å²) in [7, 11) is 1.59. The Morgan fingerprint density at radius 1 is 1.15 bits per heavy atom. The summed E-state index contributed by atoms with van der Waals surface area (Å²) in [5.74, 6) is 0.818. The molecular formula is C21H25ClN2O2S. The van der Waals surface area contributed by atoms with E-state index in [0.29, 0.717) is 17.3 Å². The lowest BCUT2D eigenvalue weighted by Gasteiger charge is -2.29. The van der Waals surface area contributed by atoms with Crippen LogP contribution in [0, 0.1) is 6.92 Å². The number of halogens is 1. The lowest BCUT2D eigenvalue weighted by atomic mass is 10.1. The Balaban J connectivity index is 2.04. The van der Waals surface area contributed by atoms with Crippen LogP contribution in [0.1, 0.15) is 23.6 Å². The van der Waals surface area contributed by atoms with Crippen LogP contribution in [-0.2, 0) is 21.9 Å². The van der Waals surface area contributed by atoms with Gasteiger partial charge in [0.2, 0.25) is 11.8 Å². The van der Waals surface area contributed by atoms with Gasteiger partial charge in [0.05, 0.1) is 5.75 Å². The first-order chi connectivity index (χ1) is 12.9. The minimum atomic E-state index is -0.529. The summed E-state index contributed by atoms with van der Waals surface area (Å²) in [5.41, 5.74) is 3.26. The number of aryl methyl sites for hydroxylation is 1. The molecule has 0 fully saturated rings. The zero-order valence-corrected chi connectivity index (χ0v) is 17.4. The molecule has 2 aromatic carbocycles. The molecule has 0 spiro atoms. The molecule has 0 heterocycles. The monoisotopic (exact) mass is 404 g/mol. The number of nitrogens with one attached hydrogen (secondary N) is 1. The van der Waals surface area contributed by atoms with Crippen molar-refractivity contribution in [3.05, 3.63) is 70.2 Å². The minimum Gasteiger partial charge on any atom is -0.357 e. The maximum absolute atomic E-state index is 12.9. The van der Waals surface area contributed by atoms with Crippen LogP contribution in [0.5, 0.6) is 0 Å². The van der Waals surface area contributed by atoms with Crippen LogP contribution in [0.25, 0.3) is 0 Å². The van der Waals surface area contributed by atoms with Gasteiger partial charge in [-0.3, -0.25) is 9.59 Å². The molecule has 6 heteroatoms. The molecule has 4 nitrogen and oxygen atoms in total. The minimum absolute atomic E-state index is 0.0479. The Morgan fingerprint density at radius 2 is 1.81 bits per heavy atom. The first kappa shape index (κ1) is 21.3. The number of likely N-dealkylation sites (N-methyl/N-ethyl adjacent to an activating group) is 1. The standard InChI is InChI=1S/C21H25ClN2O2S/c1-15-6-4-5-7-18(15)12-24(16(2)21(26)23-3)20(25)14-27-13-17-8-10-19(22)11-9-17/h4-11,16H,12-14H2,1-3H3,(H,23,26)/t16-/m1/s1. The van der Waals surface area contributed by atoms with Gasteiger partial charge in [-0.1, -0.05) is 48.0 Å². The number of hydrogen-bond acceptors (Lipinski definition) is 3. The summed E-state index contributed by atoms with van der Waals surface area (Å²) in [6.07, 6.45) is 0. The molecule has 144 valence electrons. The fraction of sp³-hybridized carbons (Fsp3) is 0.333. The highest BCUT2D eigenvalue weighted by Gasteiger charge is 2.25. The second-order valence-electron chi connectivity index (χ2n) is 6.36. The van der Waals surface area contributed by atoms with Gasteiger partial charge in [-0.2, -0.15) is 0 Å². The van der Waals surface area contributed by atoms with Gasteiger partial charge in [-0.05, 0) is 42.7 Å². The number of hydrogen-bond donors (Lipinski definition) is 1. The predicted molar refractivity (Wildman–Crippen MR) is 113 cm³/mol. The van der Waals surface area contributed by atoms with Gasteiger partial charge in [-0.15, -0.1) is 11.8 Å². The topological polar surface area (TPSA) is 49.4 Å². The molecule has 2 rings (SSSR count). The van der Waals surface area contributed by atoms with Gasteiger partial charge >= 0.3 is 0 Å². The Hall–Kier alpha value is -1.98. The number of amides is 2. The quantitative estimate of drug-likeness (QED) is 0.722. The van der Waals surface area contributed by atoms with Crippen molar-refractivity contribution in [2.75, 3.05) is 12.8 Å². The number of carbonyl (C=O) groups is 2. The van der Waals surface area contributed by atoms with Gasteiger partial charge in [0.25, 0.3) is 0 Å². The van der Waals surface area contributed by atoms with Gasteiger partial charge in [0, 0.05) is 24.4 Å².